The number of fused-ring (bicyclic) bond motifs is 2. The Balaban J connectivity index is 1.50. The molecule has 0 unspecified atom stereocenters. The highest BCUT2D eigenvalue weighted by Gasteiger charge is 2.14. The highest BCUT2D eigenvalue weighted by atomic mass is 15.3. The standard InChI is InChI=1S/C20H23N7/c1-14-9-19(24-27-11-15(2)23-20(14)27)26-12-16-3-4-17(10-18(16)22-13-26)25-7-5-21-6-8-25/h3-4,9-12,21H,5-8,13H2,1-2H3. The molecule has 0 atom stereocenters. The van der Waals surface area contributed by atoms with Crippen molar-refractivity contribution < 1.29 is 0 Å². The van der Waals surface area contributed by atoms with E-state index in [2.05, 4.69) is 57.5 Å². The third-order valence-electron chi connectivity index (χ3n) is 5.20. The second-order valence-electron chi connectivity index (χ2n) is 7.21. The first-order valence-corrected chi connectivity index (χ1v) is 9.40. The molecule has 1 saturated heterocycles. The Morgan fingerprint density at radius 1 is 1.07 bits per heavy atom. The first kappa shape index (κ1) is 16.3. The van der Waals surface area contributed by atoms with Crippen LogP contribution in [0.4, 0.5) is 11.5 Å². The topological polar surface area (TPSA) is 61.1 Å². The fourth-order valence-electron chi connectivity index (χ4n) is 3.77. The largest absolute Gasteiger partial charge is 0.369 e. The molecule has 1 aromatic carbocycles. The first-order chi connectivity index (χ1) is 13.2. The summed E-state index contributed by atoms with van der Waals surface area (Å²) in [6.45, 7) is 8.79. The van der Waals surface area contributed by atoms with E-state index in [0.29, 0.717) is 6.67 Å². The lowest BCUT2D eigenvalue weighted by atomic mass is 10.2. The van der Waals surface area contributed by atoms with Crippen molar-refractivity contribution in [1.29, 1.82) is 0 Å². The van der Waals surface area contributed by atoms with Crippen molar-refractivity contribution >= 4 is 23.4 Å². The zero-order valence-corrected chi connectivity index (χ0v) is 15.7. The van der Waals surface area contributed by atoms with Crippen LogP contribution in [0, 0.1) is 13.8 Å². The van der Waals surface area contributed by atoms with Gasteiger partial charge in [-0.1, -0.05) is 0 Å². The van der Waals surface area contributed by atoms with Crippen molar-refractivity contribution in [2.45, 2.75) is 13.8 Å². The van der Waals surface area contributed by atoms with E-state index in [1.54, 1.807) is 0 Å². The minimum atomic E-state index is 0.573. The van der Waals surface area contributed by atoms with Gasteiger partial charge in [-0.2, -0.15) is 0 Å². The quantitative estimate of drug-likeness (QED) is 0.724. The van der Waals surface area contributed by atoms with Crippen LogP contribution in [0.3, 0.4) is 0 Å². The van der Waals surface area contributed by atoms with Gasteiger partial charge in [0, 0.05) is 43.3 Å². The minimum absolute atomic E-state index is 0.573. The van der Waals surface area contributed by atoms with Crippen molar-refractivity contribution in [3.8, 4) is 0 Å². The summed E-state index contributed by atoms with van der Waals surface area (Å²) in [5.74, 6) is 0.887. The maximum absolute atomic E-state index is 4.81. The number of nitrogens with one attached hydrogen (secondary N) is 1. The van der Waals surface area contributed by atoms with Crippen molar-refractivity contribution in [1.82, 2.24) is 19.9 Å². The van der Waals surface area contributed by atoms with Gasteiger partial charge in [-0.15, -0.1) is 5.10 Å². The molecule has 1 fully saturated rings. The molecule has 4 heterocycles. The molecule has 0 amide bonds. The highest BCUT2D eigenvalue weighted by molar-refractivity contribution is 5.60. The number of imidazole rings is 1. The molecule has 2 aliphatic heterocycles. The Bertz CT molecular complexity index is 1130. The number of benzene rings is 1. The number of nitrogens with zero attached hydrogens (tertiary/aromatic N) is 6. The molecule has 0 aliphatic carbocycles. The third kappa shape index (κ3) is 2.94. The predicted molar refractivity (Wildman–Crippen MR) is 107 cm³/mol. The van der Waals surface area contributed by atoms with Crippen LogP contribution in [-0.2, 0) is 0 Å². The molecule has 5 rings (SSSR count). The monoisotopic (exact) mass is 361 g/mol. The maximum atomic E-state index is 4.81. The smallest absolute Gasteiger partial charge is 0.156 e. The average molecular weight is 361 g/mol. The summed E-state index contributed by atoms with van der Waals surface area (Å²) >= 11 is 0. The van der Waals surface area contributed by atoms with Crippen molar-refractivity contribution in [3.05, 3.63) is 52.3 Å². The Kier molecular flexibility index (Phi) is 3.82. The van der Waals surface area contributed by atoms with Crippen LogP contribution in [0.1, 0.15) is 11.3 Å². The van der Waals surface area contributed by atoms with E-state index in [1.807, 2.05) is 17.6 Å². The molecular weight excluding hydrogens is 338 g/mol. The lowest BCUT2D eigenvalue weighted by Gasteiger charge is -2.29. The Morgan fingerprint density at radius 3 is 2.78 bits per heavy atom. The lowest BCUT2D eigenvalue weighted by Crippen LogP contribution is -2.44. The summed E-state index contributed by atoms with van der Waals surface area (Å²) < 4.78 is 1.86. The number of anilines is 2. The van der Waals surface area contributed by atoms with Gasteiger partial charge in [0.2, 0.25) is 0 Å². The summed E-state index contributed by atoms with van der Waals surface area (Å²) in [5, 5.41) is 10.3. The van der Waals surface area contributed by atoms with Gasteiger partial charge < -0.3 is 15.1 Å². The molecule has 3 aromatic rings. The van der Waals surface area contributed by atoms with Crippen LogP contribution < -0.4 is 25.7 Å². The molecule has 7 nitrogen and oxygen atoms in total. The van der Waals surface area contributed by atoms with E-state index in [4.69, 9.17) is 10.1 Å². The number of hydrogen-bond donors (Lipinski definition) is 1. The summed E-state index contributed by atoms with van der Waals surface area (Å²) in [5.41, 5.74) is 4.25. The summed E-state index contributed by atoms with van der Waals surface area (Å²) in [7, 11) is 0. The molecule has 7 heteroatoms. The second kappa shape index (κ2) is 6.35. The van der Waals surface area contributed by atoms with Crippen LogP contribution >= 0.6 is 0 Å². The maximum Gasteiger partial charge on any atom is 0.156 e. The molecule has 2 aromatic heterocycles. The van der Waals surface area contributed by atoms with Crippen molar-refractivity contribution in [2.75, 3.05) is 42.6 Å². The van der Waals surface area contributed by atoms with Gasteiger partial charge in [-0.3, -0.25) is 4.99 Å². The number of aromatic nitrogens is 3. The van der Waals surface area contributed by atoms with Crippen molar-refractivity contribution in [3.63, 3.8) is 0 Å². The zero-order chi connectivity index (χ0) is 18.4. The fraction of sp³-hybridized carbons (Fsp3) is 0.350. The van der Waals surface area contributed by atoms with E-state index in [0.717, 1.165) is 59.5 Å². The van der Waals surface area contributed by atoms with Gasteiger partial charge in [0.05, 0.1) is 17.2 Å². The second-order valence-corrected chi connectivity index (χ2v) is 7.21. The number of rotatable bonds is 2. The van der Waals surface area contributed by atoms with Crippen LogP contribution in [0.5, 0.6) is 0 Å². The normalized spacial score (nSPS) is 16.8. The highest BCUT2D eigenvalue weighted by Crippen LogP contribution is 2.18. The lowest BCUT2D eigenvalue weighted by molar-refractivity contribution is 0.589. The molecule has 27 heavy (non-hydrogen) atoms. The summed E-state index contributed by atoms with van der Waals surface area (Å²) in [6, 6.07) is 8.64. The van der Waals surface area contributed by atoms with Crippen LogP contribution in [0.15, 0.2) is 35.5 Å². The van der Waals surface area contributed by atoms with E-state index >= 15 is 0 Å². The Morgan fingerprint density at radius 2 is 1.93 bits per heavy atom. The fourth-order valence-corrected chi connectivity index (χ4v) is 3.77. The Hall–Kier alpha value is -2.93. The first-order valence-electron chi connectivity index (χ1n) is 9.40. The number of hydrogen-bond acceptors (Lipinski definition) is 6. The van der Waals surface area contributed by atoms with Crippen LogP contribution in [0.25, 0.3) is 11.8 Å². The molecule has 138 valence electrons. The molecule has 0 bridgehead atoms. The van der Waals surface area contributed by atoms with Gasteiger partial charge in [0.1, 0.15) is 6.67 Å². The van der Waals surface area contributed by atoms with E-state index in [9.17, 15) is 0 Å². The molecule has 0 saturated carbocycles. The molecule has 0 radical (unpaired) electrons. The van der Waals surface area contributed by atoms with Gasteiger partial charge in [-0.05, 0) is 43.7 Å². The van der Waals surface area contributed by atoms with Crippen LogP contribution in [-0.4, -0.2) is 47.4 Å². The number of aryl methyl sites for hydroxylation is 2. The summed E-state index contributed by atoms with van der Waals surface area (Å²) in [6.07, 6.45) is 4.10. The van der Waals surface area contributed by atoms with Gasteiger partial charge in [0.15, 0.2) is 11.5 Å². The summed E-state index contributed by atoms with van der Waals surface area (Å²) in [4.78, 5) is 13.8. The molecule has 2 aliphatic rings. The zero-order valence-electron chi connectivity index (χ0n) is 15.7. The molecular formula is C20H23N7. The Labute approximate surface area is 157 Å². The SMILES string of the molecule is Cc1cn2nc(N3C=c4ccc(N5CCNCC5)cc4=NC3)cc(C)c2n1. The van der Waals surface area contributed by atoms with Gasteiger partial charge in [-0.25, -0.2) is 9.50 Å². The van der Waals surface area contributed by atoms with Crippen molar-refractivity contribution in [2.24, 2.45) is 4.99 Å². The van der Waals surface area contributed by atoms with E-state index in [1.165, 1.54) is 5.69 Å². The minimum Gasteiger partial charge on any atom is -0.369 e. The molecule has 1 N–H and O–H groups in total. The average Bonchev–Trinajstić information content (AvgIpc) is 3.09. The van der Waals surface area contributed by atoms with E-state index < -0.39 is 0 Å². The predicted octanol–water partition coefficient (Wildman–Crippen LogP) is 0.591. The molecule has 0 spiro atoms. The third-order valence-corrected chi connectivity index (χ3v) is 5.20. The van der Waals surface area contributed by atoms with Crippen LogP contribution in [0.2, 0.25) is 0 Å². The van der Waals surface area contributed by atoms with E-state index in [-0.39, 0.29) is 0 Å². The number of piperazine rings is 1. The van der Waals surface area contributed by atoms with Gasteiger partial charge in [0.25, 0.3) is 0 Å². The van der Waals surface area contributed by atoms with Gasteiger partial charge >= 0.3 is 0 Å².